The molecule has 0 spiro atoms. The van der Waals surface area contributed by atoms with Gasteiger partial charge in [-0.15, -0.1) is 0 Å². The first kappa shape index (κ1) is 16.8. The first-order chi connectivity index (χ1) is 13.7. The summed E-state index contributed by atoms with van der Waals surface area (Å²) in [5.74, 6) is 0.323. The maximum absolute atomic E-state index is 6.00. The Kier molecular flexibility index (Phi) is 3.98. The Morgan fingerprint density at radius 2 is 1.50 bits per heavy atom. The number of hydrogen-bond acceptors (Lipinski definition) is 2. The van der Waals surface area contributed by atoms with Crippen molar-refractivity contribution >= 4 is 21.9 Å². The van der Waals surface area contributed by atoms with E-state index in [-0.39, 0.29) is 0 Å². The third kappa shape index (κ3) is 2.87. The molecule has 0 saturated carbocycles. The number of nitrogens with zero attached hydrogens (tertiary/aromatic N) is 1. The predicted molar refractivity (Wildman–Crippen MR) is 116 cm³/mol. The fourth-order valence-corrected chi connectivity index (χ4v) is 3.86. The Hall–Kier alpha value is -3.39. The van der Waals surface area contributed by atoms with Gasteiger partial charge >= 0.3 is 0 Å². The molecule has 1 unspecified atom stereocenters. The predicted octanol–water partition coefficient (Wildman–Crippen LogP) is 7.11. The van der Waals surface area contributed by atoms with Crippen LogP contribution in [-0.4, -0.2) is 4.98 Å². The lowest BCUT2D eigenvalue weighted by atomic mass is 9.92. The van der Waals surface area contributed by atoms with Crippen molar-refractivity contribution in [2.75, 3.05) is 0 Å². The fourth-order valence-electron chi connectivity index (χ4n) is 3.86. The van der Waals surface area contributed by atoms with Crippen LogP contribution in [-0.2, 0) is 0 Å². The number of pyridine rings is 1. The number of fused-ring (bicyclic) bond motifs is 3. The van der Waals surface area contributed by atoms with Gasteiger partial charge in [-0.3, -0.25) is 4.98 Å². The molecule has 2 aromatic heterocycles. The number of hydrogen-bond donors (Lipinski definition) is 0. The van der Waals surface area contributed by atoms with Gasteiger partial charge < -0.3 is 4.42 Å². The van der Waals surface area contributed by atoms with Gasteiger partial charge in [-0.1, -0.05) is 48.9 Å². The van der Waals surface area contributed by atoms with Crippen molar-refractivity contribution in [2.45, 2.75) is 19.8 Å². The van der Waals surface area contributed by atoms with E-state index < -0.39 is 0 Å². The summed E-state index contributed by atoms with van der Waals surface area (Å²) >= 11 is 0. The maximum Gasteiger partial charge on any atom is 0.135 e. The largest absolute Gasteiger partial charge is 0.456 e. The Morgan fingerprint density at radius 3 is 2.32 bits per heavy atom. The average Bonchev–Trinajstić information content (AvgIpc) is 3.11. The molecule has 1 atom stereocenters. The van der Waals surface area contributed by atoms with Crippen molar-refractivity contribution < 1.29 is 4.42 Å². The molecule has 0 bridgehead atoms. The van der Waals surface area contributed by atoms with Gasteiger partial charge in [-0.2, -0.15) is 0 Å². The molecule has 0 saturated heterocycles. The second-order valence-corrected chi connectivity index (χ2v) is 7.42. The van der Waals surface area contributed by atoms with E-state index in [1.54, 1.807) is 0 Å². The highest BCUT2D eigenvalue weighted by atomic mass is 16.3. The zero-order valence-electron chi connectivity index (χ0n) is 16.0. The van der Waals surface area contributed by atoms with Crippen LogP contribution in [0.15, 0.2) is 89.5 Å². The van der Waals surface area contributed by atoms with Gasteiger partial charge in [-0.25, -0.2) is 0 Å². The summed E-state index contributed by atoms with van der Waals surface area (Å²) < 4.78 is 6.00. The van der Waals surface area contributed by atoms with Crippen molar-refractivity contribution in [2.24, 2.45) is 0 Å². The fraction of sp³-hybridized carbons (Fsp3) is 0.115. The van der Waals surface area contributed by atoms with E-state index in [0.717, 1.165) is 33.2 Å². The Labute approximate surface area is 164 Å². The molecule has 2 heteroatoms. The van der Waals surface area contributed by atoms with Crippen molar-refractivity contribution in [3.8, 4) is 11.3 Å². The summed E-state index contributed by atoms with van der Waals surface area (Å²) in [5.41, 5.74) is 7.76. The van der Waals surface area contributed by atoms with Crippen molar-refractivity contribution in [1.29, 1.82) is 0 Å². The normalized spacial score (nSPS) is 12.5. The highest BCUT2D eigenvalue weighted by Gasteiger charge is 2.12. The van der Waals surface area contributed by atoms with Crippen molar-refractivity contribution in [1.82, 2.24) is 4.98 Å². The van der Waals surface area contributed by atoms with Crippen LogP contribution in [0.3, 0.4) is 0 Å². The van der Waals surface area contributed by atoms with Gasteiger partial charge in [0, 0.05) is 28.5 Å². The van der Waals surface area contributed by atoms with Crippen LogP contribution in [0.1, 0.15) is 29.5 Å². The average molecular weight is 363 g/mol. The molecule has 2 nitrogen and oxygen atoms in total. The maximum atomic E-state index is 6.00. The van der Waals surface area contributed by atoms with Gasteiger partial charge in [-0.05, 0) is 60.5 Å². The molecule has 5 aromatic rings. The van der Waals surface area contributed by atoms with E-state index in [4.69, 9.17) is 4.42 Å². The third-order valence-corrected chi connectivity index (χ3v) is 5.50. The zero-order valence-corrected chi connectivity index (χ0v) is 16.0. The highest BCUT2D eigenvalue weighted by molar-refractivity contribution is 6.06. The summed E-state index contributed by atoms with van der Waals surface area (Å²) in [6.45, 7) is 4.35. The smallest absolute Gasteiger partial charge is 0.135 e. The van der Waals surface area contributed by atoms with Crippen LogP contribution >= 0.6 is 0 Å². The number of aryl methyl sites for hydroxylation is 1. The van der Waals surface area contributed by atoms with Crippen LogP contribution in [0, 0.1) is 6.92 Å². The summed E-state index contributed by atoms with van der Waals surface area (Å²) in [6.07, 6.45) is 1.91. The topological polar surface area (TPSA) is 26.0 Å². The van der Waals surface area contributed by atoms with Gasteiger partial charge in [0.1, 0.15) is 11.2 Å². The Morgan fingerprint density at radius 1 is 0.750 bits per heavy atom. The minimum Gasteiger partial charge on any atom is -0.456 e. The molecular weight excluding hydrogens is 342 g/mol. The van der Waals surface area contributed by atoms with E-state index >= 15 is 0 Å². The summed E-state index contributed by atoms with van der Waals surface area (Å²) in [7, 11) is 0. The Bertz CT molecular complexity index is 1280. The first-order valence-corrected chi connectivity index (χ1v) is 9.63. The molecule has 2 heterocycles. The first-order valence-electron chi connectivity index (χ1n) is 9.63. The van der Waals surface area contributed by atoms with Gasteiger partial charge in [0.2, 0.25) is 0 Å². The molecular formula is C26H21NO. The number of rotatable bonds is 3. The molecule has 0 aliphatic carbocycles. The number of benzene rings is 3. The summed E-state index contributed by atoms with van der Waals surface area (Å²) in [4.78, 5) is 4.64. The Balaban J connectivity index is 1.60. The molecule has 0 fully saturated rings. The lowest BCUT2D eigenvalue weighted by Crippen LogP contribution is -1.97. The van der Waals surface area contributed by atoms with Crippen LogP contribution in [0.25, 0.3) is 33.2 Å². The minimum atomic E-state index is 0.323. The monoisotopic (exact) mass is 363 g/mol. The molecule has 28 heavy (non-hydrogen) atoms. The van der Waals surface area contributed by atoms with Crippen molar-refractivity contribution in [3.63, 3.8) is 0 Å². The number of furan rings is 1. The molecule has 136 valence electrons. The highest BCUT2D eigenvalue weighted by Crippen LogP contribution is 2.33. The zero-order chi connectivity index (χ0) is 19.1. The molecule has 0 amide bonds. The van der Waals surface area contributed by atoms with Crippen LogP contribution in [0.5, 0.6) is 0 Å². The van der Waals surface area contributed by atoms with Crippen LogP contribution in [0.4, 0.5) is 0 Å². The third-order valence-electron chi connectivity index (χ3n) is 5.50. The van der Waals surface area contributed by atoms with E-state index in [0.29, 0.717) is 5.92 Å². The molecule has 0 radical (unpaired) electrons. The van der Waals surface area contributed by atoms with Crippen LogP contribution in [0.2, 0.25) is 0 Å². The van der Waals surface area contributed by atoms with E-state index in [1.807, 2.05) is 12.3 Å². The summed E-state index contributed by atoms with van der Waals surface area (Å²) in [6, 6.07) is 27.6. The lowest BCUT2D eigenvalue weighted by Gasteiger charge is -2.13. The number of aromatic nitrogens is 1. The lowest BCUT2D eigenvalue weighted by molar-refractivity contribution is 0.669. The quantitative estimate of drug-likeness (QED) is 0.341. The molecule has 0 N–H and O–H groups in total. The molecule has 0 aliphatic heterocycles. The van der Waals surface area contributed by atoms with Gasteiger partial charge in [0.25, 0.3) is 0 Å². The van der Waals surface area contributed by atoms with E-state index in [2.05, 4.69) is 91.6 Å². The van der Waals surface area contributed by atoms with Crippen molar-refractivity contribution in [3.05, 3.63) is 102 Å². The molecule has 3 aromatic carbocycles. The van der Waals surface area contributed by atoms with Crippen LogP contribution < -0.4 is 0 Å². The second-order valence-electron chi connectivity index (χ2n) is 7.42. The van der Waals surface area contributed by atoms with Gasteiger partial charge in [0.15, 0.2) is 0 Å². The molecule has 5 rings (SSSR count). The SMILES string of the molecule is Cc1ccc2oc3ccc(-c4cc(C(C)c5ccccc5)ccn4)cc3c2c1. The standard InChI is InChI=1S/C26H21NO/c1-17-8-10-25-22(14-17)23-15-21(9-11-26(23)28-25)24-16-20(12-13-27-24)18(2)19-6-4-3-5-7-19/h3-16,18H,1-2H3. The summed E-state index contributed by atoms with van der Waals surface area (Å²) in [5, 5.41) is 2.30. The van der Waals surface area contributed by atoms with E-state index in [1.165, 1.54) is 16.7 Å². The molecule has 0 aliphatic rings. The minimum absolute atomic E-state index is 0.323. The van der Waals surface area contributed by atoms with E-state index in [9.17, 15) is 0 Å². The second kappa shape index (κ2) is 6.65. The van der Waals surface area contributed by atoms with Gasteiger partial charge in [0.05, 0.1) is 5.69 Å².